The Kier molecular flexibility index (Phi) is 7.21. The molecule has 0 bridgehead atoms. The van der Waals surface area contributed by atoms with E-state index >= 15 is 0 Å². The van der Waals surface area contributed by atoms with E-state index in [9.17, 15) is 10.2 Å². The highest BCUT2D eigenvalue weighted by Gasteiger charge is 2.27. The zero-order valence-corrected chi connectivity index (χ0v) is 17.3. The van der Waals surface area contributed by atoms with Crippen LogP contribution in [0.5, 0.6) is 0 Å². The maximum Gasteiger partial charge on any atom is 0.134 e. The minimum Gasteiger partial charge on any atom is -0.461 e. The summed E-state index contributed by atoms with van der Waals surface area (Å²) in [6.45, 7) is 1.51. The molecule has 0 saturated heterocycles. The molecule has 6 heteroatoms. The first-order valence-electron chi connectivity index (χ1n) is 9.11. The lowest BCUT2D eigenvalue weighted by Crippen LogP contribution is -2.47. The van der Waals surface area contributed by atoms with E-state index in [1.165, 1.54) is 0 Å². The first-order valence-corrected chi connectivity index (χ1v) is 10.3. The van der Waals surface area contributed by atoms with Crippen LogP contribution in [0.15, 0.2) is 74.9 Å². The van der Waals surface area contributed by atoms with Crippen molar-refractivity contribution >= 4 is 23.5 Å². The molecular formula is C22H24ClNO3S. The molecule has 2 aromatic carbocycles. The predicted molar refractivity (Wildman–Crippen MR) is 114 cm³/mol. The van der Waals surface area contributed by atoms with Gasteiger partial charge in [0.25, 0.3) is 0 Å². The van der Waals surface area contributed by atoms with Crippen molar-refractivity contribution < 1.29 is 14.6 Å². The Morgan fingerprint density at radius 2 is 1.54 bits per heavy atom. The molecule has 3 N–H and O–H groups in total. The van der Waals surface area contributed by atoms with E-state index in [1.807, 2.05) is 19.1 Å². The number of halogens is 1. The minimum atomic E-state index is -0.858. The first kappa shape index (κ1) is 21.0. The number of aliphatic hydroxyl groups excluding tert-OH is 2. The van der Waals surface area contributed by atoms with Gasteiger partial charge in [-0.2, -0.15) is 0 Å². The molecule has 3 rings (SSSR count). The Morgan fingerprint density at radius 1 is 0.929 bits per heavy atom. The normalized spacial score (nSPS) is 11.7. The highest BCUT2D eigenvalue weighted by atomic mass is 35.5. The Balaban J connectivity index is 1.59. The molecule has 0 aliphatic heterocycles. The number of hydrogen-bond acceptors (Lipinski definition) is 5. The lowest BCUT2D eigenvalue weighted by molar-refractivity contribution is 0.103. The monoisotopic (exact) mass is 417 g/mol. The van der Waals surface area contributed by atoms with Crippen molar-refractivity contribution in [2.45, 2.75) is 35.1 Å². The molecule has 0 radical (unpaired) electrons. The number of rotatable bonds is 9. The number of furan rings is 1. The molecule has 0 spiro atoms. The van der Waals surface area contributed by atoms with Gasteiger partial charge in [0.05, 0.1) is 18.8 Å². The molecule has 4 nitrogen and oxygen atoms in total. The fourth-order valence-electron chi connectivity index (χ4n) is 2.84. The number of nitrogens with one attached hydrogen (secondary N) is 1. The summed E-state index contributed by atoms with van der Waals surface area (Å²) >= 11 is 7.38. The summed E-state index contributed by atoms with van der Waals surface area (Å²) in [4.78, 5) is 4.82. The molecule has 3 aromatic rings. The maximum atomic E-state index is 9.44. The third-order valence-corrected chi connectivity index (χ3v) is 6.15. The van der Waals surface area contributed by atoms with Crippen LogP contribution in [0.3, 0.4) is 0 Å². The molecule has 1 heterocycles. The Hall–Kier alpha value is -1.76. The molecule has 0 fully saturated rings. The van der Waals surface area contributed by atoms with Gasteiger partial charge in [0, 0.05) is 15.4 Å². The summed E-state index contributed by atoms with van der Waals surface area (Å²) in [6.07, 6.45) is 1.26. The molecule has 0 unspecified atom stereocenters. The summed E-state index contributed by atoms with van der Waals surface area (Å²) in [5.74, 6) is 1.79. The number of aryl methyl sites for hydroxylation is 2. The highest BCUT2D eigenvalue weighted by molar-refractivity contribution is 7.99. The van der Waals surface area contributed by atoms with E-state index in [2.05, 4.69) is 53.4 Å². The fourth-order valence-corrected chi connectivity index (χ4v) is 3.87. The molecule has 0 aliphatic carbocycles. The maximum absolute atomic E-state index is 9.44. The van der Waals surface area contributed by atoms with Crippen LogP contribution in [-0.2, 0) is 6.42 Å². The van der Waals surface area contributed by atoms with Gasteiger partial charge in [-0.05, 0) is 73.5 Å². The van der Waals surface area contributed by atoms with Gasteiger partial charge in [-0.1, -0.05) is 36.0 Å². The van der Waals surface area contributed by atoms with Crippen molar-refractivity contribution in [3.8, 4) is 11.3 Å². The fraction of sp³-hybridized carbons (Fsp3) is 0.273. The summed E-state index contributed by atoms with van der Waals surface area (Å²) in [5.41, 5.74) is 1.34. The predicted octanol–water partition coefficient (Wildman–Crippen LogP) is 4.81. The van der Waals surface area contributed by atoms with Crippen molar-refractivity contribution in [1.29, 1.82) is 0 Å². The van der Waals surface area contributed by atoms with Crippen molar-refractivity contribution in [1.82, 2.24) is 4.84 Å². The third kappa shape index (κ3) is 5.19. The van der Waals surface area contributed by atoms with Crippen molar-refractivity contribution in [2.75, 3.05) is 13.2 Å². The Labute approximate surface area is 174 Å². The van der Waals surface area contributed by atoms with Crippen LogP contribution >= 0.6 is 23.5 Å². The van der Waals surface area contributed by atoms with Gasteiger partial charge in [-0.25, -0.2) is 4.84 Å². The van der Waals surface area contributed by atoms with Gasteiger partial charge in [0.2, 0.25) is 0 Å². The molecule has 0 saturated carbocycles. The molecule has 0 amide bonds. The molecule has 1 aromatic heterocycles. The lowest BCUT2D eigenvalue weighted by Gasteiger charge is -2.27. The smallest absolute Gasteiger partial charge is 0.134 e. The van der Waals surface area contributed by atoms with E-state index in [1.54, 1.807) is 11.8 Å². The van der Waals surface area contributed by atoms with Gasteiger partial charge in [-0.3, -0.25) is 0 Å². The van der Waals surface area contributed by atoms with Gasteiger partial charge < -0.3 is 14.6 Å². The van der Waals surface area contributed by atoms with Crippen LogP contribution in [-0.4, -0.2) is 29.0 Å². The topological polar surface area (TPSA) is 65.6 Å². The molecule has 0 atom stereocenters. The quantitative estimate of drug-likeness (QED) is 0.436. The molecular weight excluding hydrogens is 394 g/mol. The molecule has 0 aliphatic rings. The van der Waals surface area contributed by atoms with Crippen LogP contribution in [0.25, 0.3) is 11.3 Å². The Morgan fingerprint density at radius 3 is 2.04 bits per heavy atom. The van der Waals surface area contributed by atoms with E-state index in [4.69, 9.17) is 16.2 Å². The van der Waals surface area contributed by atoms with Crippen molar-refractivity contribution in [3.63, 3.8) is 0 Å². The number of hydrogen-bond donors (Lipinski definition) is 3. The lowest BCUT2D eigenvalue weighted by atomic mass is 9.94. The van der Waals surface area contributed by atoms with Crippen LogP contribution in [0.1, 0.15) is 17.7 Å². The van der Waals surface area contributed by atoms with Gasteiger partial charge >= 0.3 is 0 Å². The van der Waals surface area contributed by atoms with Crippen LogP contribution in [0.2, 0.25) is 0 Å². The molecule has 148 valence electrons. The third-order valence-electron chi connectivity index (χ3n) is 4.74. The van der Waals surface area contributed by atoms with Crippen molar-refractivity contribution in [3.05, 3.63) is 72.0 Å². The van der Waals surface area contributed by atoms with Crippen LogP contribution in [0.4, 0.5) is 0 Å². The second-order valence-corrected chi connectivity index (χ2v) is 8.21. The zero-order valence-electron chi connectivity index (χ0n) is 15.7. The van der Waals surface area contributed by atoms with Gasteiger partial charge in [-0.15, -0.1) is 0 Å². The molecule has 28 heavy (non-hydrogen) atoms. The average Bonchev–Trinajstić information content (AvgIpc) is 3.17. The van der Waals surface area contributed by atoms with Gasteiger partial charge in [0.1, 0.15) is 11.5 Å². The van der Waals surface area contributed by atoms with Crippen LogP contribution in [0, 0.1) is 6.92 Å². The van der Waals surface area contributed by atoms with Crippen molar-refractivity contribution in [2.24, 2.45) is 0 Å². The summed E-state index contributed by atoms with van der Waals surface area (Å²) < 4.78 is 5.66. The number of aliphatic hydroxyl groups is 2. The minimum absolute atomic E-state index is 0.214. The standard InChI is InChI=1S/C22H24ClNO3S/c1-16-2-11-21(27-16)18-5-9-20(10-6-18)28-19-7-3-17(4-8-19)12-13-22(14-25,15-26)24-23/h2-11,24-26H,12-15H2,1H3. The highest BCUT2D eigenvalue weighted by Crippen LogP contribution is 2.30. The van der Waals surface area contributed by atoms with E-state index < -0.39 is 5.54 Å². The first-order chi connectivity index (χ1) is 13.6. The summed E-state index contributed by atoms with van der Waals surface area (Å²) in [5, 5.41) is 18.9. The average molecular weight is 418 g/mol. The summed E-state index contributed by atoms with van der Waals surface area (Å²) in [7, 11) is 0. The van der Waals surface area contributed by atoms with Crippen LogP contribution < -0.4 is 4.84 Å². The van der Waals surface area contributed by atoms with E-state index in [0.717, 1.165) is 32.4 Å². The van der Waals surface area contributed by atoms with E-state index in [-0.39, 0.29) is 13.2 Å². The zero-order chi connectivity index (χ0) is 20.0. The SMILES string of the molecule is Cc1ccc(-c2ccc(Sc3ccc(CCC(CO)(CO)NCl)cc3)cc2)o1. The number of benzene rings is 2. The Bertz CT molecular complexity index is 865. The second-order valence-electron chi connectivity index (χ2n) is 6.87. The summed E-state index contributed by atoms with van der Waals surface area (Å²) in [6, 6.07) is 20.6. The van der Waals surface area contributed by atoms with Gasteiger partial charge in [0.15, 0.2) is 0 Å². The second kappa shape index (κ2) is 9.63. The van der Waals surface area contributed by atoms with E-state index in [0.29, 0.717) is 12.8 Å². The largest absolute Gasteiger partial charge is 0.461 e.